The molecule has 47 heavy (non-hydrogen) atoms. The minimum Gasteiger partial charge on any atom is -0.473 e. The number of likely N-dealkylation sites (tertiary alicyclic amines) is 1. The number of ether oxygens (including phenoxy) is 1. The molecule has 0 aliphatic carbocycles. The minimum absolute atomic E-state index is 0.0871. The fraction of sp³-hybridized carbons (Fsp3) is 0.278. The van der Waals surface area contributed by atoms with Crippen molar-refractivity contribution in [3.63, 3.8) is 0 Å². The number of nitrogens with zero attached hydrogens (tertiary/aromatic N) is 5. The number of halogens is 2. The highest BCUT2D eigenvalue weighted by Gasteiger charge is 2.24. The van der Waals surface area contributed by atoms with E-state index in [4.69, 9.17) is 26.3 Å². The Hall–Kier alpha value is -4.80. The van der Waals surface area contributed by atoms with E-state index in [2.05, 4.69) is 25.0 Å². The molecular weight excluding hydrogens is 617 g/mol. The average molecular weight is 652 g/mol. The van der Waals surface area contributed by atoms with Crippen LogP contribution in [0.15, 0.2) is 66.7 Å². The van der Waals surface area contributed by atoms with Gasteiger partial charge in [-0.25, -0.2) is 14.4 Å². The summed E-state index contributed by atoms with van der Waals surface area (Å²) in [6.45, 7) is 6.57. The predicted molar refractivity (Wildman–Crippen MR) is 181 cm³/mol. The van der Waals surface area contributed by atoms with Crippen LogP contribution in [0.4, 0.5) is 10.1 Å². The number of carbonyl (C=O) groups excluding carboxylic acids is 1. The van der Waals surface area contributed by atoms with Crippen molar-refractivity contribution in [1.29, 1.82) is 0 Å². The Bertz CT molecular complexity index is 2120. The van der Waals surface area contributed by atoms with Crippen LogP contribution in [0.1, 0.15) is 57.5 Å². The van der Waals surface area contributed by atoms with Gasteiger partial charge in [-0.15, -0.1) is 0 Å². The summed E-state index contributed by atoms with van der Waals surface area (Å²) in [6, 6.07) is 19.9. The molecule has 0 radical (unpaired) electrons. The van der Waals surface area contributed by atoms with E-state index in [1.807, 2.05) is 63.4 Å². The topological polar surface area (TPSA) is 101 Å². The molecule has 1 amide bonds. The van der Waals surface area contributed by atoms with Crippen molar-refractivity contribution in [2.45, 2.75) is 45.8 Å². The second-order valence-electron chi connectivity index (χ2n) is 12.3. The number of aromatic amines is 1. The van der Waals surface area contributed by atoms with Gasteiger partial charge in [0, 0.05) is 57.6 Å². The number of H-pyrrole nitrogens is 1. The van der Waals surface area contributed by atoms with E-state index in [1.165, 1.54) is 6.07 Å². The number of anilines is 1. The molecule has 7 rings (SSSR count). The quantitative estimate of drug-likeness (QED) is 0.177. The van der Waals surface area contributed by atoms with Crippen LogP contribution in [0.3, 0.4) is 0 Å². The van der Waals surface area contributed by atoms with E-state index >= 15 is 0 Å². The molecule has 0 bridgehead atoms. The monoisotopic (exact) mass is 651 g/mol. The van der Waals surface area contributed by atoms with Crippen molar-refractivity contribution in [2.24, 2.45) is 7.05 Å². The Morgan fingerprint density at radius 1 is 1.06 bits per heavy atom. The van der Waals surface area contributed by atoms with Crippen LogP contribution in [-0.2, 0) is 20.2 Å². The fourth-order valence-corrected chi connectivity index (χ4v) is 6.50. The average Bonchev–Trinajstić information content (AvgIpc) is 3.59. The standard InChI is InChI=1S/C36H35ClFN7O2/c1-21-15-27(18-28-22(2)42-43-35(21)28)39-36(46)24-8-10-32-31(16-24)40-33(44(32)3)19-45-13-11-23(12-14-45)30-5-4-6-34(41-30)47-20-25-7-9-26(37)17-29(25)38/h4-10,15-18,23H,11-14,19-20H2,1-3H3,(H,39,46)(H,42,43). The number of pyridine rings is 1. The third-order valence-corrected chi connectivity index (χ3v) is 9.28. The minimum atomic E-state index is -0.391. The largest absolute Gasteiger partial charge is 0.473 e. The molecule has 0 unspecified atom stereocenters. The van der Waals surface area contributed by atoms with Crippen LogP contribution in [0, 0.1) is 19.7 Å². The summed E-state index contributed by atoms with van der Waals surface area (Å²) in [6.07, 6.45) is 1.92. The first-order chi connectivity index (χ1) is 22.7. The molecule has 0 atom stereocenters. The Kier molecular flexibility index (Phi) is 8.38. The molecule has 9 nitrogen and oxygen atoms in total. The Labute approximate surface area is 276 Å². The zero-order valence-electron chi connectivity index (χ0n) is 26.5. The van der Waals surface area contributed by atoms with E-state index in [0.29, 0.717) is 34.5 Å². The van der Waals surface area contributed by atoms with E-state index in [-0.39, 0.29) is 12.5 Å². The number of carbonyl (C=O) groups is 1. The molecule has 1 aliphatic rings. The number of nitrogens with one attached hydrogen (secondary N) is 2. The van der Waals surface area contributed by atoms with Crippen molar-refractivity contribution in [3.05, 3.63) is 111 Å². The first-order valence-electron chi connectivity index (χ1n) is 15.7. The Morgan fingerprint density at radius 3 is 2.70 bits per heavy atom. The summed E-state index contributed by atoms with van der Waals surface area (Å²) in [5.41, 5.74) is 7.36. The number of benzene rings is 3. The molecule has 0 saturated carbocycles. The van der Waals surface area contributed by atoms with Crippen molar-refractivity contribution < 1.29 is 13.9 Å². The maximum Gasteiger partial charge on any atom is 0.255 e. The van der Waals surface area contributed by atoms with Gasteiger partial charge >= 0.3 is 0 Å². The number of rotatable bonds is 8. The predicted octanol–water partition coefficient (Wildman–Crippen LogP) is 7.46. The molecule has 1 saturated heterocycles. The highest BCUT2D eigenvalue weighted by Crippen LogP contribution is 2.30. The van der Waals surface area contributed by atoms with Crippen LogP contribution in [0.25, 0.3) is 21.9 Å². The van der Waals surface area contributed by atoms with Crippen molar-refractivity contribution in [3.8, 4) is 5.88 Å². The van der Waals surface area contributed by atoms with Gasteiger partial charge in [-0.1, -0.05) is 23.7 Å². The van der Waals surface area contributed by atoms with Gasteiger partial charge in [0.1, 0.15) is 18.2 Å². The zero-order valence-corrected chi connectivity index (χ0v) is 27.2. The molecule has 3 aromatic carbocycles. The Balaban J connectivity index is 0.974. The molecule has 1 fully saturated rings. The molecule has 11 heteroatoms. The maximum atomic E-state index is 14.2. The number of hydrogen-bond acceptors (Lipinski definition) is 6. The van der Waals surface area contributed by atoms with Gasteiger partial charge < -0.3 is 14.6 Å². The summed E-state index contributed by atoms with van der Waals surface area (Å²) >= 11 is 5.86. The number of aryl methyl sites for hydroxylation is 3. The molecular formula is C36H35ClFN7O2. The summed E-state index contributed by atoms with van der Waals surface area (Å²) in [7, 11) is 2.02. The molecule has 0 spiro atoms. The second kappa shape index (κ2) is 12.8. The number of imidazole rings is 1. The lowest BCUT2D eigenvalue weighted by atomic mass is 9.93. The van der Waals surface area contributed by atoms with Gasteiger partial charge in [-0.2, -0.15) is 5.10 Å². The normalized spacial score (nSPS) is 14.2. The lowest BCUT2D eigenvalue weighted by Gasteiger charge is -2.31. The number of fused-ring (bicyclic) bond motifs is 2. The molecule has 2 N–H and O–H groups in total. The number of aromatic nitrogens is 5. The Morgan fingerprint density at radius 2 is 1.89 bits per heavy atom. The van der Waals surface area contributed by atoms with Crippen LogP contribution < -0.4 is 10.1 Å². The van der Waals surface area contributed by atoms with Gasteiger partial charge in [0.15, 0.2) is 0 Å². The number of amides is 1. The van der Waals surface area contributed by atoms with Crippen molar-refractivity contribution in [2.75, 3.05) is 18.4 Å². The van der Waals surface area contributed by atoms with Crippen molar-refractivity contribution >= 4 is 45.1 Å². The van der Waals surface area contributed by atoms with Crippen LogP contribution in [0.2, 0.25) is 5.02 Å². The number of hydrogen-bond donors (Lipinski definition) is 2. The molecule has 3 aromatic heterocycles. The van der Waals surface area contributed by atoms with Crippen molar-refractivity contribution in [1.82, 2.24) is 29.6 Å². The summed E-state index contributed by atoms with van der Waals surface area (Å²) in [5.74, 6) is 1.18. The molecule has 240 valence electrons. The van der Waals surface area contributed by atoms with Gasteiger partial charge in [0.05, 0.1) is 23.1 Å². The van der Waals surface area contributed by atoms with Gasteiger partial charge in [-0.05, 0) is 93.9 Å². The molecule has 1 aliphatic heterocycles. The summed E-state index contributed by atoms with van der Waals surface area (Å²) < 4.78 is 22.1. The highest BCUT2D eigenvalue weighted by molar-refractivity contribution is 6.30. The SMILES string of the molecule is Cc1[nH]nc2c(C)cc(NC(=O)c3ccc4c(c3)nc(CN3CCC(c5cccc(OCc6ccc(Cl)cc6F)n5)CC3)n4C)cc12. The van der Waals surface area contributed by atoms with Gasteiger partial charge in [0.2, 0.25) is 5.88 Å². The second-order valence-corrected chi connectivity index (χ2v) is 12.7. The molecule has 6 aromatic rings. The third kappa shape index (κ3) is 6.43. The highest BCUT2D eigenvalue weighted by atomic mass is 35.5. The van der Waals surface area contributed by atoms with E-state index in [1.54, 1.807) is 18.2 Å². The fourth-order valence-electron chi connectivity index (χ4n) is 6.34. The number of piperidine rings is 1. The van der Waals surface area contributed by atoms with Crippen LogP contribution in [0.5, 0.6) is 5.88 Å². The lowest BCUT2D eigenvalue weighted by Crippen LogP contribution is -2.33. The first-order valence-corrected chi connectivity index (χ1v) is 16.1. The van der Waals surface area contributed by atoms with Gasteiger partial charge in [-0.3, -0.25) is 14.8 Å². The van der Waals surface area contributed by atoms with E-state index in [9.17, 15) is 9.18 Å². The van der Waals surface area contributed by atoms with E-state index < -0.39 is 5.82 Å². The summed E-state index contributed by atoms with van der Waals surface area (Å²) in [4.78, 5) is 25.3. The first kappa shape index (κ1) is 30.8. The van der Waals surface area contributed by atoms with Crippen LogP contribution in [-0.4, -0.2) is 48.6 Å². The van der Waals surface area contributed by atoms with Crippen LogP contribution >= 0.6 is 11.6 Å². The maximum absolute atomic E-state index is 14.2. The molecule has 4 heterocycles. The smallest absolute Gasteiger partial charge is 0.255 e. The van der Waals surface area contributed by atoms with Gasteiger partial charge in [0.25, 0.3) is 5.91 Å². The lowest BCUT2D eigenvalue weighted by molar-refractivity contribution is 0.102. The van der Waals surface area contributed by atoms with E-state index in [0.717, 1.165) is 76.3 Å². The summed E-state index contributed by atoms with van der Waals surface area (Å²) in [5, 5.41) is 11.8. The zero-order chi connectivity index (χ0) is 32.7. The third-order valence-electron chi connectivity index (χ3n) is 9.04.